The Hall–Kier alpha value is -0.820. The van der Waals surface area contributed by atoms with Crippen molar-refractivity contribution in [3.63, 3.8) is 0 Å². The highest BCUT2D eigenvalue weighted by Gasteiger charge is 2.23. The maximum Gasteiger partial charge on any atom is 0.211 e. The number of halogens is 1. The van der Waals surface area contributed by atoms with E-state index in [1.807, 2.05) is 12.1 Å². The molecule has 1 aliphatic rings. The maximum atomic E-state index is 11.4. The second-order valence-electron chi connectivity index (χ2n) is 4.83. The lowest BCUT2D eigenvalue weighted by atomic mass is 10.2. The molecule has 0 spiro atoms. The van der Waals surface area contributed by atoms with Crippen LogP contribution >= 0.6 is 11.6 Å². The van der Waals surface area contributed by atoms with Gasteiger partial charge in [0.2, 0.25) is 10.0 Å². The molecule has 1 fully saturated rings. The summed E-state index contributed by atoms with van der Waals surface area (Å²) in [4.78, 5) is 2.20. The van der Waals surface area contributed by atoms with Crippen molar-refractivity contribution in [2.45, 2.75) is 6.54 Å². The van der Waals surface area contributed by atoms with Crippen molar-refractivity contribution >= 4 is 27.3 Å². The predicted octanol–water partition coefficient (Wildman–Crippen LogP) is 0.999. The third kappa shape index (κ3) is 4.07. The van der Waals surface area contributed by atoms with Crippen molar-refractivity contribution in [3.8, 4) is 0 Å². The molecule has 0 bridgehead atoms. The van der Waals surface area contributed by atoms with Gasteiger partial charge in [0.25, 0.3) is 0 Å². The van der Waals surface area contributed by atoms with Gasteiger partial charge in [0, 0.05) is 43.4 Å². The van der Waals surface area contributed by atoms with Crippen LogP contribution in [0.4, 0.5) is 5.69 Å². The molecule has 0 aromatic heterocycles. The van der Waals surface area contributed by atoms with Gasteiger partial charge in [0.15, 0.2) is 0 Å². The minimum Gasteiger partial charge on any atom is -0.399 e. The third-order valence-corrected chi connectivity index (χ3v) is 4.71. The molecule has 0 aliphatic carbocycles. The Morgan fingerprint density at radius 3 is 2.37 bits per heavy atom. The highest BCUT2D eigenvalue weighted by Crippen LogP contribution is 2.18. The Bertz CT molecular complexity index is 534. The number of nitrogen functional groups attached to an aromatic ring is 1. The zero-order valence-corrected chi connectivity index (χ0v) is 12.4. The number of nitrogens with two attached hydrogens (primary N) is 1. The minimum atomic E-state index is -3.07. The van der Waals surface area contributed by atoms with Gasteiger partial charge >= 0.3 is 0 Å². The SMILES string of the molecule is CS(=O)(=O)N1CCN(Cc2cc(N)cc(Cl)c2)CC1. The van der Waals surface area contributed by atoms with E-state index in [-0.39, 0.29) is 0 Å². The Kier molecular flexibility index (Phi) is 4.35. The molecule has 1 aliphatic heterocycles. The van der Waals surface area contributed by atoms with E-state index in [2.05, 4.69) is 4.90 Å². The van der Waals surface area contributed by atoms with Crippen LogP contribution in [-0.4, -0.2) is 50.1 Å². The summed E-state index contributed by atoms with van der Waals surface area (Å²) in [7, 11) is -3.07. The first kappa shape index (κ1) is 14.6. The number of anilines is 1. The van der Waals surface area contributed by atoms with Crippen molar-refractivity contribution in [2.75, 3.05) is 38.2 Å². The highest BCUT2D eigenvalue weighted by molar-refractivity contribution is 7.88. The van der Waals surface area contributed by atoms with E-state index >= 15 is 0 Å². The van der Waals surface area contributed by atoms with Crippen LogP contribution in [0.15, 0.2) is 18.2 Å². The predicted molar refractivity (Wildman–Crippen MR) is 77.6 cm³/mol. The zero-order chi connectivity index (χ0) is 14.0. The molecule has 106 valence electrons. The van der Waals surface area contributed by atoms with Gasteiger partial charge in [-0.3, -0.25) is 4.90 Å². The lowest BCUT2D eigenvalue weighted by Crippen LogP contribution is -2.47. The molecule has 0 amide bonds. The number of benzene rings is 1. The van der Waals surface area contributed by atoms with E-state index in [1.165, 1.54) is 10.6 Å². The molecule has 1 aromatic rings. The topological polar surface area (TPSA) is 66.6 Å². The van der Waals surface area contributed by atoms with E-state index < -0.39 is 10.0 Å². The second-order valence-corrected chi connectivity index (χ2v) is 7.25. The van der Waals surface area contributed by atoms with Crippen LogP contribution in [0.25, 0.3) is 0 Å². The van der Waals surface area contributed by atoms with Gasteiger partial charge in [0.1, 0.15) is 0 Å². The monoisotopic (exact) mass is 303 g/mol. The number of nitrogens with zero attached hydrogens (tertiary/aromatic N) is 2. The third-order valence-electron chi connectivity index (χ3n) is 3.19. The second kappa shape index (κ2) is 5.66. The van der Waals surface area contributed by atoms with E-state index in [4.69, 9.17) is 17.3 Å². The van der Waals surface area contributed by atoms with Crippen LogP contribution in [0.3, 0.4) is 0 Å². The van der Waals surface area contributed by atoms with Crippen LogP contribution in [0, 0.1) is 0 Å². The smallest absolute Gasteiger partial charge is 0.211 e. The number of hydrogen-bond acceptors (Lipinski definition) is 4. The van der Waals surface area contributed by atoms with Gasteiger partial charge in [-0.2, -0.15) is 4.31 Å². The molecule has 0 saturated carbocycles. The Balaban J connectivity index is 1.96. The Morgan fingerprint density at radius 2 is 1.84 bits per heavy atom. The van der Waals surface area contributed by atoms with Crippen molar-refractivity contribution in [1.82, 2.24) is 9.21 Å². The molecule has 5 nitrogen and oxygen atoms in total. The summed E-state index contributed by atoms with van der Waals surface area (Å²) in [5.74, 6) is 0. The van der Waals surface area contributed by atoms with Crippen molar-refractivity contribution in [2.24, 2.45) is 0 Å². The molecule has 1 saturated heterocycles. The van der Waals surface area contributed by atoms with Gasteiger partial charge in [0.05, 0.1) is 6.26 Å². The van der Waals surface area contributed by atoms with Gasteiger partial charge in [-0.15, -0.1) is 0 Å². The fourth-order valence-corrected chi connectivity index (χ4v) is 3.34. The fraction of sp³-hybridized carbons (Fsp3) is 0.500. The minimum absolute atomic E-state index is 0.537. The van der Waals surface area contributed by atoms with Gasteiger partial charge < -0.3 is 5.73 Å². The summed E-state index contributed by atoms with van der Waals surface area (Å²) in [5.41, 5.74) is 7.46. The number of sulfonamides is 1. The van der Waals surface area contributed by atoms with Gasteiger partial charge in [-0.05, 0) is 23.8 Å². The number of rotatable bonds is 3. The summed E-state index contributed by atoms with van der Waals surface area (Å²) in [6.07, 6.45) is 1.25. The molecule has 2 N–H and O–H groups in total. The molecule has 19 heavy (non-hydrogen) atoms. The summed E-state index contributed by atoms with van der Waals surface area (Å²) < 4.78 is 24.3. The van der Waals surface area contributed by atoms with Gasteiger partial charge in [-0.1, -0.05) is 11.6 Å². The standard InChI is InChI=1S/C12H18ClN3O2S/c1-19(17,18)16-4-2-15(3-5-16)9-10-6-11(13)8-12(14)7-10/h6-8H,2-5,9,14H2,1H3. The first-order chi connectivity index (χ1) is 8.84. The molecular formula is C12H18ClN3O2S. The van der Waals surface area contributed by atoms with Crippen molar-refractivity contribution < 1.29 is 8.42 Å². The number of hydrogen-bond donors (Lipinski definition) is 1. The zero-order valence-electron chi connectivity index (χ0n) is 10.8. The average molecular weight is 304 g/mol. The molecule has 0 radical (unpaired) electrons. The molecule has 1 heterocycles. The van der Waals surface area contributed by atoms with E-state index in [9.17, 15) is 8.42 Å². The average Bonchev–Trinajstić information content (AvgIpc) is 2.26. The van der Waals surface area contributed by atoms with E-state index in [1.54, 1.807) is 6.07 Å². The van der Waals surface area contributed by atoms with Crippen molar-refractivity contribution in [1.29, 1.82) is 0 Å². The van der Waals surface area contributed by atoms with E-state index in [0.29, 0.717) is 23.8 Å². The van der Waals surface area contributed by atoms with Crippen LogP contribution in [0.5, 0.6) is 0 Å². The highest BCUT2D eigenvalue weighted by atomic mass is 35.5. The lowest BCUT2D eigenvalue weighted by Gasteiger charge is -2.33. The Labute approximate surface area is 119 Å². The maximum absolute atomic E-state index is 11.4. The summed E-state index contributed by atoms with van der Waals surface area (Å²) in [6, 6.07) is 5.50. The van der Waals surface area contributed by atoms with Crippen LogP contribution in [0.2, 0.25) is 5.02 Å². The van der Waals surface area contributed by atoms with E-state index in [0.717, 1.165) is 25.2 Å². The largest absolute Gasteiger partial charge is 0.399 e. The lowest BCUT2D eigenvalue weighted by molar-refractivity contribution is 0.182. The van der Waals surface area contributed by atoms with Crippen LogP contribution in [-0.2, 0) is 16.6 Å². The first-order valence-electron chi connectivity index (χ1n) is 6.07. The Morgan fingerprint density at radius 1 is 1.21 bits per heavy atom. The molecular weight excluding hydrogens is 286 g/mol. The quantitative estimate of drug-likeness (QED) is 0.846. The van der Waals surface area contributed by atoms with Crippen LogP contribution in [0.1, 0.15) is 5.56 Å². The summed E-state index contributed by atoms with van der Waals surface area (Å²) in [6.45, 7) is 3.26. The molecule has 0 atom stereocenters. The normalized spacial score (nSPS) is 18.6. The van der Waals surface area contributed by atoms with Gasteiger partial charge in [-0.25, -0.2) is 8.42 Å². The molecule has 1 aromatic carbocycles. The van der Waals surface area contributed by atoms with Crippen LogP contribution < -0.4 is 5.73 Å². The molecule has 7 heteroatoms. The fourth-order valence-electron chi connectivity index (χ4n) is 2.24. The molecule has 2 rings (SSSR count). The summed E-state index contributed by atoms with van der Waals surface area (Å²) >= 11 is 5.96. The summed E-state index contributed by atoms with van der Waals surface area (Å²) in [5, 5.41) is 0.629. The molecule has 0 unspecified atom stereocenters. The number of piperazine rings is 1. The van der Waals surface area contributed by atoms with Crippen molar-refractivity contribution in [3.05, 3.63) is 28.8 Å². The first-order valence-corrected chi connectivity index (χ1v) is 8.29.